The zero-order valence-electron chi connectivity index (χ0n) is 2.76. The van der Waals surface area contributed by atoms with Crippen LogP contribution in [-0.2, 0) is 19.5 Å². The maximum atomic E-state index is 7.32. The summed E-state index contributed by atoms with van der Waals surface area (Å²) in [5.74, 6) is 0. The number of hydrogen-bond donors (Lipinski definition) is 2. The molecule has 5 heavy (non-hydrogen) atoms. The average Bonchev–Trinajstić information content (AvgIpc) is 1.37. The molecule has 3 N–H and O–H groups in total. The Morgan fingerprint density at radius 2 is 2.00 bits per heavy atom. The van der Waals surface area contributed by atoms with E-state index in [9.17, 15) is 0 Å². The predicted octanol–water partition coefficient (Wildman–Crippen LogP) is -0.640. The van der Waals surface area contributed by atoms with E-state index in [0.717, 1.165) is 6.34 Å². The van der Waals surface area contributed by atoms with Crippen molar-refractivity contribution in [3.05, 3.63) is 0 Å². The molecule has 0 aliphatic heterocycles. The molecule has 0 unspecified atom stereocenters. The number of hydrogen-bond acceptors (Lipinski definition) is 2. The Hall–Kier alpha value is -0.107. The Morgan fingerprint density at radius 3 is 2.00 bits per heavy atom. The molecule has 0 radical (unpaired) electrons. The molecule has 3 nitrogen and oxygen atoms in total. The molecule has 0 aromatic heterocycles. The van der Waals surface area contributed by atoms with E-state index in [1.54, 1.807) is 0 Å². The molecule has 0 amide bonds. The van der Waals surface area contributed by atoms with Gasteiger partial charge >= 0.3 is 0 Å². The van der Waals surface area contributed by atoms with Crippen LogP contribution in [0.4, 0.5) is 0 Å². The van der Waals surface area contributed by atoms with Crippen LogP contribution >= 0.6 is 0 Å². The Labute approximate surface area is 42.6 Å². The van der Waals surface area contributed by atoms with Gasteiger partial charge < -0.3 is 10.9 Å². The van der Waals surface area contributed by atoms with Gasteiger partial charge in [-0.05, 0) is 0 Å². The molecule has 0 bridgehead atoms. The summed E-state index contributed by atoms with van der Waals surface area (Å²) < 4.78 is 0. The molecular formula is CH4N2OZn. The Balaban J connectivity index is 0. The number of rotatable bonds is 0. The molecule has 0 aromatic rings. The zero-order valence-corrected chi connectivity index (χ0v) is 5.72. The minimum absolute atomic E-state index is 0. The van der Waals surface area contributed by atoms with Gasteiger partial charge in [-0.1, -0.05) is 5.16 Å². The molecule has 0 atom stereocenters. The van der Waals surface area contributed by atoms with Crippen molar-refractivity contribution in [3.8, 4) is 0 Å². The van der Waals surface area contributed by atoms with Crippen LogP contribution in [0.5, 0.6) is 0 Å². The van der Waals surface area contributed by atoms with E-state index in [4.69, 9.17) is 5.21 Å². The Morgan fingerprint density at radius 1 is 1.80 bits per heavy atom. The number of nitrogens with zero attached hydrogens (tertiary/aromatic N) is 1. The van der Waals surface area contributed by atoms with E-state index in [1.807, 2.05) is 0 Å². The van der Waals surface area contributed by atoms with Gasteiger partial charge in [0, 0.05) is 19.5 Å². The SMILES string of the molecule is NC=NO.[Zn]. The smallest absolute Gasteiger partial charge is 0.125 e. The molecule has 0 saturated carbocycles. The van der Waals surface area contributed by atoms with Gasteiger partial charge in [-0.3, -0.25) is 0 Å². The van der Waals surface area contributed by atoms with Crippen LogP contribution in [0.1, 0.15) is 0 Å². The van der Waals surface area contributed by atoms with Crippen LogP contribution in [0.2, 0.25) is 0 Å². The molecule has 0 spiro atoms. The Bertz CT molecular complexity index is 24.8. The molecular weight excluding hydrogens is 121 g/mol. The van der Waals surface area contributed by atoms with Crippen molar-refractivity contribution in [3.63, 3.8) is 0 Å². The monoisotopic (exact) mass is 124 g/mol. The molecule has 0 aromatic carbocycles. The summed E-state index contributed by atoms with van der Waals surface area (Å²) in [7, 11) is 0. The van der Waals surface area contributed by atoms with E-state index >= 15 is 0 Å². The molecule has 0 aliphatic rings. The minimum Gasteiger partial charge on any atom is -0.410 e. The Kier molecular flexibility index (Phi) is 16.1. The van der Waals surface area contributed by atoms with Crippen molar-refractivity contribution < 1.29 is 24.7 Å². The van der Waals surface area contributed by atoms with Crippen molar-refractivity contribution in [1.82, 2.24) is 0 Å². The van der Waals surface area contributed by atoms with Gasteiger partial charge in [0.15, 0.2) is 0 Å². The third-order valence-corrected chi connectivity index (χ3v) is 0.0667. The maximum absolute atomic E-state index is 7.32. The molecule has 0 rings (SSSR count). The predicted molar refractivity (Wildman–Crippen MR) is 14.5 cm³/mol. The largest absolute Gasteiger partial charge is 0.410 e. The van der Waals surface area contributed by atoms with Crippen LogP contribution in [0.15, 0.2) is 5.16 Å². The summed E-state index contributed by atoms with van der Waals surface area (Å²) in [6.07, 6.45) is 0.806. The van der Waals surface area contributed by atoms with Gasteiger partial charge in [0.25, 0.3) is 0 Å². The number of oxime groups is 1. The van der Waals surface area contributed by atoms with E-state index in [-0.39, 0.29) is 19.5 Å². The first kappa shape index (κ1) is 8.86. The van der Waals surface area contributed by atoms with Crippen LogP contribution in [0, 0.1) is 0 Å². The van der Waals surface area contributed by atoms with Gasteiger partial charge in [-0.2, -0.15) is 0 Å². The normalized spacial score (nSPS) is 7.20. The van der Waals surface area contributed by atoms with Crippen LogP contribution in [0.3, 0.4) is 0 Å². The second-order valence-corrected chi connectivity index (χ2v) is 0.265. The third kappa shape index (κ3) is 17.5. The van der Waals surface area contributed by atoms with E-state index < -0.39 is 0 Å². The fourth-order valence-electron chi connectivity index (χ4n) is 0. The maximum Gasteiger partial charge on any atom is 0.125 e. The van der Waals surface area contributed by atoms with Crippen molar-refractivity contribution >= 4 is 6.34 Å². The summed E-state index contributed by atoms with van der Waals surface area (Å²) in [6, 6.07) is 0. The molecule has 0 aliphatic carbocycles. The van der Waals surface area contributed by atoms with Crippen LogP contribution < -0.4 is 5.73 Å². The van der Waals surface area contributed by atoms with Crippen LogP contribution in [-0.4, -0.2) is 11.5 Å². The van der Waals surface area contributed by atoms with Gasteiger partial charge in [0.05, 0.1) is 0 Å². The zero-order chi connectivity index (χ0) is 3.41. The van der Waals surface area contributed by atoms with Crippen molar-refractivity contribution in [1.29, 1.82) is 0 Å². The third-order valence-electron chi connectivity index (χ3n) is 0.0667. The standard InChI is InChI=1S/CH4N2O.Zn/c2-1-3-4;/h1,4H,(H2,2,3);. The first-order valence-electron chi connectivity index (χ1n) is 0.792. The first-order valence-corrected chi connectivity index (χ1v) is 0.792. The average molecular weight is 125 g/mol. The summed E-state index contributed by atoms with van der Waals surface area (Å²) in [4.78, 5) is 0. The molecule has 4 heteroatoms. The van der Waals surface area contributed by atoms with E-state index in [2.05, 4.69) is 10.9 Å². The molecule has 26 valence electrons. The summed E-state index contributed by atoms with van der Waals surface area (Å²) in [5, 5.41) is 9.71. The van der Waals surface area contributed by atoms with E-state index in [0.29, 0.717) is 0 Å². The summed E-state index contributed by atoms with van der Waals surface area (Å²) in [5.41, 5.74) is 4.49. The fourth-order valence-corrected chi connectivity index (χ4v) is 0. The first-order chi connectivity index (χ1) is 1.91. The quantitative estimate of drug-likeness (QED) is 0.149. The molecule has 0 heterocycles. The number of nitrogens with two attached hydrogens (primary N) is 1. The molecule has 0 saturated heterocycles. The van der Waals surface area contributed by atoms with Crippen molar-refractivity contribution in [2.24, 2.45) is 10.9 Å². The van der Waals surface area contributed by atoms with Crippen LogP contribution in [0.25, 0.3) is 0 Å². The summed E-state index contributed by atoms with van der Waals surface area (Å²) >= 11 is 0. The second kappa shape index (κ2) is 9.09. The molecule has 0 fully saturated rings. The fraction of sp³-hybridized carbons (Fsp3) is 0. The summed E-state index contributed by atoms with van der Waals surface area (Å²) in [6.45, 7) is 0. The van der Waals surface area contributed by atoms with Gasteiger partial charge in [0.1, 0.15) is 6.34 Å². The second-order valence-electron chi connectivity index (χ2n) is 0.265. The van der Waals surface area contributed by atoms with Gasteiger partial charge in [-0.15, -0.1) is 0 Å². The minimum atomic E-state index is 0. The van der Waals surface area contributed by atoms with Gasteiger partial charge in [0.2, 0.25) is 0 Å². The van der Waals surface area contributed by atoms with Crippen molar-refractivity contribution in [2.75, 3.05) is 0 Å². The van der Waals surface area contributed by atoms with Crippen molar-refractivity contribution in [2.45, 2.75) is 0 Å². The van der Waals surface area contributed by atoms with E-state index in [1.165, 1.54) is 0 Å². The van der Waals surface area contributed by atoms with Gasteiger partial charge in [-0.25, -0.2) is 0 Å². The topological polar surface area (TPSA) is 58.6 Å².